The van der Waals surface area contributed by atoms with E-state index in [0.717, 1.165) is 42.3 Å². The number of aliphatic hydroxyl groups is 1. The number of hydrogen-bond acceptors (Lipinski definition) is 4. The summed E-state index contributed by atoms with van der Waals surface area (Å²) >= 11 is 0. The molecule has 0 saturated heterocycles. The summed E-state index contributed by atoms with van der Waals surface area (Å²) in [6.07, 6.45) is 0.866. The van der Waals surface area contributed by atoms with Crippen molar-refractivity contribution in [1.82, 2.24) is 10.6 Å². The minimum Gasteiger partial charge on any atom is -0.497 e. The van der Waals surface area contributed by atoms with E-state index in [2.05, 4.69) is 27.8 Å². The summed E-state index contributed by atoms with van der Waals surface area (Å²) in [5.41, 5.74) is 0.911. The van der Waals surface area contributed by atoms with E-state index < -0.39 is 5.60 Å². The normalized spacial score (nSPS) is 13.4. The molecule has 1 heterocycles. The quantitative estimate of drug-likeness (QED) is 0.293. The number of ether oxygens (including phenoxy) is 1. The fourth-order valence-electron chi connectivity index (χ4n) is 2.94. The zero-order valence-electron chi connectivity index (χ0n) is 17.3. The van der Waals surface area contributed by atoms with Crippen molar-refractivity contribution in [3.63, 3.8) is 0 Å². The summed E-state index contributed by atoms with van der Waals surface area (Å²) < 4.78 is 10.7. The largest absolute Gasteiger partial charge is 0.497 e. The molecule has 0 aliphatic carbocycles. The van der Waals surface area contributed by atoms with E-state index in [-0.39, 0.29) is 30.5 Å². The summed E-state index contributed by atoms with van der Waals surface area (Å²) in [6, 6.07) is 9.90. The molecule has 0 bridgehead atoms. The van der Waals surface area contributed by atoms with E-state index in [4.69, 9.17) is 9.15 Å². The van der Waals surface area contributed by atoms with Gasteiger partial charge in [0.1, 0.15) is 22.9 Å². The Bertz CT molecular complexity index is 755. The highest BCUT2D eigenvalue weighted by Crippen LogP contribution is 2.27. The van der Waals surface area contributed by atoms with Crippen LogP contribution in [0.3, 0.4) is 0 Å². The molecule has 7 heteroatoms. The van der Waals surface area contributed by atoms with Crippen LogP contribution in [-0.4, -0.2) is 37.8 Å². The monoisotopic (exact) mass is 501 g/mol. The summed E-state index contributed by atoms with van der Waals surface area (Å²) in [5.74, 6) is 3.05. The number of benzene rings is 1. The lowest BCUT2D eigenvalue weighted by Gasteiger charge is -2.21. The van der Waals surface area contributed by atoms with Gasteiger partial charge >= 0.3 is 0 Å². The minimum atomic E-state index is -1.08. The van der Waals surface area contributed by atoms with Crippen LogP contribution in [0.4, 0.5) is 0 Å². The lowest BCUT2D eigenvalue weighted by Crippen LogP contribution is -2.39. The molecule has 2 aromatic rings. The maximum atomic E-state index is 10.8. The molecule has 0 fully saturated rings. The predicted octanol–water partition coefficient (Wildman–Crippen LogP) is 3.53. The van der Waals surface area contributed by atoms with Crippen LogP contribution in [0.5, 0.6) is 5.75 Å². The number of hydrogen-bond donors (Lipinski definition) is 3. The van der Waals surface area contributed by atoms with E-state index in [1.165, 1.54) is 5.56 Å². The number of aryl methyl sites for hydroxylation is 2. The molecule has 1 aromatic carbocycles. The Morgan fingerprint density at radius 3 is 2.43 bits per heavy atom. The Balaban J connectivity index is 0.00000392. The predicted molar refractivity (Wildman–Crippen MR) is 124 cm³/mol. The van der Waals surface area contributed by atoms with Crippen LogP contribution in [0.25, 0.3) is 0 Å². The molecule has 1 aromatic heterocycles. The minimum absolute atomic E-state index is 0. The van der Waals surface area contributed by atoms with E-state index >= 15 is 0 Å². The number of furan rings is 1. The fourth-order valence-corrected chi connectivity index (χ4v) is 2.94. The Labute approximate surface area is 184 Å². The van der Waals surface area contributed by atoms with Crippen molar-refractivity contribution in [3.05, 3.63) is 53.0 Å². The first kappa shape index (κ1) is 24.3. The molecule has 0 aliphatic rings. The number of aliphatic imine (C=N–C) groups is 1. The molecule has 0 spiro atoms. The second-order valence-electron chi connectivity index (χ2n) is 6.82. The maximum Gasteiger partial charge on any atom is 0.191 e. The van der Waals surface area contributed by atoms with Gasteiger partial charge in [-0.3, -0.25) is 0 Å². The van der Waals surface area contributed by atoms with Crippen LogP contribution in [-0.2, 0) is 12.0 Å². The van der Waals surface area contributed by atoms with E-state index in [9.17, 15) is 5.11 Å². The van der Waals surface area contributed by atoms with Gasteiger partial charge in [-0.15, -0.1) is 24.0 Å². The third kappa shape index (κ3) is 7.01. The number of nitrogens with one attached hydrogen (secondary N) is 2. The van der Waals surface area contributed by atoms with Crippen LogP contribution in [0, 0.1) is 13.8 Å². The highest BCUT2D eigenvalue weighted by molar-refractivity contribution is 14.0. The van der Waals surface area contributed by atoms with Gasteiger partial charge in [-0.25, -0.2) is 4.99 Å². The molecule has 0 radical (unpaired) electrons. The molecule has 1 atom stereocenters. The van der Waals surface area contributed by atoms with Crippen LogP contribution < -0.4 is 15.4 Å². The first-order chi connectivity index (χ1) is 12.9. The smallest absolute Gasteiger partial charge is 0.191 e. The summed E-state index contributed by atoms with van der Waals surface area (Å²) in [7, 11) is 1.66. The van der Waals surface area contributed by atoms with Gasteiger partial charge in [-0.2, -0.15) is 0 Å². The zero-order chi connectivity index (χ0) is 19.9. The van der Waals surface area contributed by atoms with Crippen molar-refractivity contribution < 1.29 is 14.3 Å². The Kier molecular flexibility index (Phi) is 9.81. The molecule has 6 nitrogen and oxygen atoms in total. The number of methoxy groups -OCH3 is 1. The standard InChI is InChI=1S/C21H31N3O3.HI/c1-6-22-20(23-12-11-17-7-9-18(26-5)10-8-17)24-14-21(4,25)19-13-15(2)27-16(19)3;/h7-10,13,25H,6,11-12,14H2,1-5H3,(H2,22,23,24);1H. The number of halogens is 1. The van der Waals surface area contributed by atoms with Gasteiger partial charge in [-0.1, -0.05) is 12.1 Å². The van der Waals surface area contributed by atoms with E-state index in [1.807, 2.05) is 39.0 Å². The molecule has 0 amide bonds. The van der Waals surface area contributed by atoms with E-state index in [0.29, 0.717) is 5.96 Å². The first-order valence-corrected chi connectivity index (χ1v) is 9.30. The van der Waals surface area contributed by atoms with Gasteiger partial charge in [0.2, 0.25) is 0 Å². The van der Waals surface area contributed by atoms with Crippen molar-refractivity contribution in [1.29, 1.82) is 0 Å². The molecule has 0 saturated carbocycles. The first-order valence-electron chi connectivity index (χ1n) is 9.30. The molecule has 0 aliphatic heterocycles. The van der Waals surface area contributed by atoms with Crippen LogP contribution >= 0.6 is 24.0 Å². The van der Waals surface area contributed by atoms with Gasteiger partial charge in [0, 0.05) is 18.7 Å². The summed E-state index contributed by atoms with van der Waals surface area (Å²) in [5, 5.41) is 17.3. The Hall–Kier alpha value is -1.74. The van der Waals surface area contributed by atoms with Crippen LogP contribution in [0.2, 0.25) is 0 Å². The Morgan fingerprint density at radius 1 is 1.21 bits per heavy atom. The molecular formula is C21H32IN3O3. The highest BCUT2D eigenvalue weighted by Gasteiger charge is 2.27. The van der Waals surface area contributed by atoms with Gasteiger partial charge in [0.15, 0.2) is 5.96 Å². The molecule has 28 heavy (non-hydrogen) atoms. The van der Waals surface area contributed by atoms with Gasteiger partial charge in [-0.05, 0) is 57.9 Å². The van der Waals surface area contributed by atoms with Gasteiger partial charge in [0.25, 0.3) is 0 Å². The lowest BCUT2D eigenvalue weighted by molar-refractivity contribution is 0.0657. The second kappa shape index (κ2) is 11.3. The third-order valence-corrected chi connectivity index (χ3v) is 4.38. The molecular weight excluding hydrogens is 469 g/mol. The van der Waals surface area contributed by atoms with Gasteiger partial charge in [0.05, 0.1) is 13.7 Å². The third-order valence-electron chi connectivity index (χ3n) is 4.38. The van der Waals surface area contributed by atoms with E-state index in [1.54, 1.807) is 14.0 Å². The topological polar surface area (TPSA) is 79.0 Å². The van der Waals surface area contributed by atoms with Crippen LogP contribution in [0.1, 0.15) is 36.5 Å². The Morgan fingerprint density at radius 2 is 1.89 bits per heavy atom. The second-order valence-corrected chi connectivity index (χ2v) is 6.82. The van der Waals surface area contributed by atoms with Crippen molar-refractivity contribution in [2.24, 2.45) is 4.99 Å². The van der Waals surface area contributed by atoms with Crippen molar-refractivity contribution in [2.75, 3.05) is 26.7 Å². The average Bonchev–Trinajstić information content (AvgIpc) is 2.99. The number of guanidine groups is 1. The molecule has 156 valence electrons. The van der Waals surface area contributed by atoms with Crippen LogP contribution in [0.15, 0.2) is 39.7 Å². The SMILES string of the molecule is CCNC(=NCC(C)(O)c1cc(C)oc1C)NCCc1ccc(OC)cc1.I. The molecule has 3 N–H and O–H groups in total. The van der Waals surface area contributed by atoms with Crippen molar-refractivity contribution in [2.45, 2.75) is 39.7 Å². The number of rotatable bonds is 8. The summed E-state index contributed by atoms with van der Waals surface area (Å²) in [6.45, 7) is 9.24. The summed E-state index contributed by atoms with van der Waals surface area (Å²) in [4.78, 5) is 4.55. The number of nitrogens with zero attached hydrogens (tertiary/aromatic N) is 1. The average molecular weight is 501 g/mol. The fraction of sp³-hybridized carbons (Fsp3) is 0.476. The zero-order valence-corrected chi connectivity index (χ0v) is 19.7. The van der Waals surface area contributed by atoms with Gasteiger partial charge < -0.3 is 24.9 Å². The molecule has 1 unspecified atom stereocenters. The lowest BCUT2D eigenvalue weighted by atomic mass is 9.96. The van der Waals surface area contributed by atoms with Crippen molar-refractivity contribution >= 4 is 29.9 Å². The molecule has 2 rings (SSSR count). The highest BCUT2D eigenvalue weighted by atomic mass is 127. The maximum absolute atomic E-state index is 10.8. The van der Waals surface area contributed by atoms with Crippen molar-refractivity contribution in [3.8, 4) is 5.75 Å².